The molecule has 0 radical (unpaired) electrons. The van der Waals surface area contributed by atoms with Crippen LogP contribution in [0.25, 0.3) is 0 Å². The number of nitrogens with two attached hydrogens (primary N) is 1. The summed E-state index contributed by atoms with van der Waals surface area (Å²) in [5.41, 5.74) is 7.31. The predicted molar refractivity (Wildman–Crippen MR) is 96.8 cm³/mol. The van der Waals surface area contributed by atoms with Crippen LogP contribution in [0.5, 0.6) is 0 Å². The molecule has 1 aliphatic carbocycles. The van der Waals surface area contributed by atoms with Crippen LogP contribution in [-0.2, 0) is 13.0 Å². The second kappa shape index (κ2) is 7.62. The maximum absolute atomic E-state index is 6.08. The Bertz CT molecular complexity index is 529. The number of piperidine rings is 1. The molecule has 0 atom stereocenters. The minimum atomic E-state index is 0.645. The topological polar surface area (TPSA) is 57.8 Å². The van der Waals surface area contributed by atoms with Gasteiger partial charge in [-0.2, -0.15) is 0 Å². The SMILES string of the molecule is CCc1nc(CN2CCC(CN=C(N)N(C)C3CC3)CC2)cs1. The second-order valence-corrected chi connectivity index (χ2v) is 7.79. The van der Waals surface area contributed by atoms with E-state index in [0.29, 0.717) is 12.0 Å². The standard InChI is InChI=1S/C17H29N5S/c1-3-16-20-14(12-23-16)11-22-8-6-13(7-9-22)10-19-17(18)21(2)15-4-5-15/h12-13,15H,3-11H2,1-2H3,(H2,18,19). The Morgan fingerprint density at radius 3 is 2.74 bits per heavy atom. The maximum atomic E-state index is 6.08. The van der Waals surface area contributed by atoms with Gasteiger partial charge in [0.05, 0.1) is 10.7 Å². The largest absolute Gasteiger partial charge is 0.370 e. The van der Waals surface area contributed by atoms with Crippen molar-refractivity contribution in [2.75, 3.05) is 26.7 Å². The van der Waals surface area contributed by atoms with Gasteiger partial charge in [-0.15, -0.1) is 11.3 Å². The fourth-order valence-electron chi connectivity index (χ4n) is 3.12. The zero-order valence-corrected chi connectivity index (χ0v) is 15.2. The molecule has 0 bridgehead atoms. The maximum Gasteiger partial charge on any atom is 0.191 e. The first-order valence-corrected chi connectivity index (χ1v) is 9.72. The van der Waals surface area contributed by atoms with Gasteiger partial charge in [-0.3, -0.25) is 9.89 Å². The molecular formula is C17H29N5S. The first-order valence-electron chi connectivity index (χ1n) is 8.84. The highest BCUT2D eigenvalue weighted by molar-refractivity contribution is 7.09. The Hall–Kier alpha value is -1.14. The van der Waals surface area contributed by atoms with E-state index in [4.69, 9.17) is 5.73 Å². The molecule has 3 rings (SSSR count). The Labute approximate surface area is 143 Å². The Morgan fingerprint density at radius 1 is 1.39 bits per heavy atom. The molecule has 0 unspecified atom stereocenters. The van der Waals surface area contributed by atoms with Crippen molar-refractivity contribution >= 4 is 17.3 Å². The number of likely N-dealkylation sites (tertiary alicyclic amines) is 1. The normalized spacial score (nSPS) is 20.9. The smallest absolute Gasteiger partial charge is 0.191 e. The van der Waals surface area contributed by atoms with Gasteiger partial charge in [-0.1, -0.05) is 6.92 Å². The molecule has 6 heteroatoms. The number of aliphatic imine (C=N–C) groups is 1. The lowest BCUT2D eigenvalue weighted by Gasteiger charge is -2.31. The van der Waals surface area contributed by atoms with E-state index < -0.39 is 0 Å². The Morgan fingerprint density at radius 2 is 2.13 bits per heavy atom. The summed E-state index contributed by atoms with van der Waals surface area (Å²) in [5.74, 6) is 1.41. The van der Waals surface area contributed by atoms with Crippen LogP contribution in [0.1, 0.15) is 43.3 Å². The minimum absolute atomic E-state index is 0.645. The molecule has 2 aliphatic rings. The van der Waals surface area contributed by atoms with Crippen molar-refractivity contribution in [1.82, 2.24) is 14.8 Å². The van der Waals surface area contributed by atoms with Crippen LogP contribution in [0.4, 0.5) is 0 Å². The minimum Gasteiger partial charge on any atom is -0.370 e. The molecular weight excluding hydrogens is 306 g/mol. The fraction of sp³-hybridized carbons (Fsp3) is 0.765. The fourth-order valence-corrected chi connectivity index (χ4v) is 3.86. The van der Waals surface area contributed by atoms with Crippen molar-refractivity contribution in [2.24, 2.45) is 16.6 Å². The van der Waals surface area contributed by atoms with Crippen LogP contribution in [0.15, 0.2) is 10.4 Å². The van der Waals surface area contributed by atoms with E-state index >= 15 is 0 Å². The van der Waals surface area contributed by atoms with E-state index in [2.05, 4.69) is 39.1 Å². The molecule has 1 aliphatic heterocycles. The molecule has 1 aromatic heterocycles. The molecule has 23 heavy (non-hydrogen) atoms. The first kappa shape index (κ1) is 16.7. The highest BCUT2D eigenvalue weighted by atomic mass is 32.1. The van der Waals surface area contributed by atoms with Gasteiger partial charge in [0.15, 0.2) is 5.96 Å². The summed E-state index contributed by atoms with van der Waals surface area (Å²) in [6.45, 7) is 6.35. The molecule has 0 spiro atoms. The van der Waals surface area contributed by atoms with E-state index in [1.807, 2.05) is 0 Å². The Kier molecular flexibility index (Phi) is 5.54. The molecule has 1 saturated heterocycles. The van der Waals surface area contributed by atoms with Crippen molar-refractivity contribution in [2.45, 2.75) is 51.6 Å². The third-order valence-electron chi connectivity index (χ3n) is 4.96. The van der Waals surface area contributed by atoms with E-state index in [-0.39, 0.29) is 0 Å². The molecule has 2 heterocycles. The second-order valence-electron chi connectivity index (χ2n) is 6.85. The quantitative estimate of drug-likeness (QED) is 0.640. The third-order valence-corrected chi connectivity index (χ3v) is 6.00. The highest BCUT2D eigenvalue weighted by Crippen LogP contribution is 2.25. The number of nitrogens with zero attached hydrogens (tertiary/aromatic N) is 4. The van der Waals surface area contributed by atoms with Crippen molar-refractivity contribution in [3.63, 3.8) is 0 Å². The zero-order valence-electron chi connectivity index (χ0n) is 14.4. The number of aromatic nitrogens is 1. The summed E-state index contributed by atoms with van der Waals surface area (Å²) in [6.07, 6.45) is 6.01. The lowest BCUT2D eigenvalue weighted by atomic mass is 9.97. The van der Waals surface area contributed by atoms with Crippen LogP contribution in [0.2, 0.25) is 0 Å². The molecule has 2 fully saturated rings. The van der Waals surface area contributed by atoms with Crippen LogP contribution in [0, 0.1) is 5.92 Å². The number of thiazole rings is 1. The number of hydrogen-bond donors (Lipinski definition) is 1. The third kappa shape index (κ3) is 4.67. The van der Waals surface area contributed by atoms with E-state index in [9.17, 15) is 0 Å². The molecule has 1 aromatic rings. The number of aryl methyl sites for hydroxylation is 1. The number of hydrogen-bond acceptors (Lipinski definition) is 4. The highest BCUT2D eigenvalue weighted by Gasteiger charge is 2.27. The van der Waals surface area contributed by atoms with Gasteiger partial charge in [0.1, 0.15) is 0 Å². The zero-order chi connectivity index (χ0) is 16.2. The lowest BCUT2D eigenvalue weighted by molar-refractivity contribution is 0.179. The Balaban J connectivity index is 1.40. The van der Waals surface area contributed by atoms with Crippen molar-refractivity contribution in [1.29, 1.82) is 0 Å². The summed E-state index contributed by atoms with van der Waals surface area (Å²) in [5, 5.41) is 3.46. The van der Waals surface area contributed by atoms with Crippen LogP contribution in [-0.4, -0.2) is 53.5 Å². The predicted octanol–water partition coefficient (Wildman–Crippen LogP) is 2.33. The number of rotatable bonds is 6. The molecule has 5 nitrogen and oxygen atoms in total. The van der Waals surface area contributed by atoms with Gasteiger partial charge in [0.2, 0.25) is 0 Å². The lowest BCUT2D eigenvalue weighted by Crippen LogP contribution is -2.37. The van der Waals surface area contributed by atoms with Crippen molar-refractivity contribution in [3.8, 4) is 0 Å². The van der Waals surface area contributed by atoms with Crippen LogP contribution >= 0.6 is 11.3 Å². The molecule has 128 valence electrons. The summed E-state index contributed by atoms with van der Waals surface area (Å²) in [7, 11) is 2.07. The van der Waals surface area contributed by atoms with Gasteiger partial charge >= 0.3 is 0 Å². The monoisotopic (exact) mass is 335 g/mol. The first-order chi connectivity index (χ1) is 11.2. The van der Waals surface area contributed by atoms with E-state index in [1.54, 1.807) is 11.3 Å². The summed E-state index contributed by atoms with van der Waals surface area (Å²) < 4.78 is 0. The van der Waals surface area contributed by atoms with Crippen molar-refractivity contribution < 1.29 is 0 Å². The molecule has 0 aromatic carbocycles. The number of guanidine groups is 1. The van der Waals surface area contributed by atoms with Gasteiger partial charge in [0.25, 0.3) is 0 Å². The average molecular weight is 336 g/mol. The van der Waals surface area contributed by atoms with E-state index in [0.717, 1.165) is 38.6 Å². The summed E-state index contributed by atoms with van der Waals surface area (Å²) in [4.78, 5) is 14.0. The summed E-state index contributed by atoms with van der Waals surface area (Å²) in [6, 6.07) is 0.645. The van der Waals surface area contributed by atoms with Gasteiger partial charge < -0.3 is 10.6 Å². The molecule has 0 amide bonds. The van der Waals surface area contributed by atoms with Crippen LogP contribution in [0.3, 0.4) is 0 Å². The van der Waals surface area contributed by atoms with Crippen LogP contribution < -0.4 is 5.73 Å². The van der Waals surface area contributed by atoms with Gasteiger partial charge in [-0.25, -0.2) is 4.98 Å². The van der Waals surface area contributed by atoms with Gasteiger partial charge in [-0.05, 0) is 51.1 Å². The van der Waals surface area contributed by atoms with Gasteiger partial charge in [0, 0.05) is 31.6 Å². The van der Waals surface area contributed by atoms with Crippen molar-refractivity contribution in [3.05, 3.63) is 16.1 Å². The molecule has 1 saturated carbocycles. The molecule has 2 N–H and O–H groups in total. The average Bonchev–Trinajstić information content (AvgIpc) is 3.33. The summed E-state index contributed by atoms with van der Waals surface area (Å²) >= 11 is 1.79. The van der Waals surface area contributed by atoms with E-state index in [1.165, 1.54) is 36.4 Å².